The fraction of sp³-hybridized carbons (Fsp3) is 0.833. The highest BCUT2D eigenvalue weighted by atomic mass is 16.1. The van der Waals surface area contributed by atoms with Crippen LogP contribution in [0.3, 0.4) is 0 Å². The van der Waals surface area contributed by atoms with Crippen LogP contribution < -0.4 is 0 Å². The molecule has 1 atom stereocenters. The second-order valence-electron chi connectivity index (χ2n) is 3.82. The Balaban J connectivity index is 3.07. The molecular formula is C12H23O. The van der Waals surface area contributed by atoms with Crippen molar-refractivity contribution in [2.75, 3.05) is 0 Å². The lowest BCUT2D eigenvalue weighted by Gasteiger charge is -2.08. The van der Waals surface area contributed by atoms with Crippen LogP contribution in [0.25, 0.3) is 0 Å². The average Bonchev–Trinajstić information content (AvgIpc) is 2.14. The Kier molecular flexibility index (Phi) is 9.51. The number of carbonyl (C=O) groups excluding carboxylic acids is 1. The van der Waals surface area contributed by atoms with E-state index >= 15 is 0 Å². The number of carbonyl (C=O) groups is 1. The second-order valence-corrected chi connectivity index (χ2v) is 3.82. The maximum absolute atomic E-state index is 10.1. The standard InChI is InChI=1S/C12H23O/c1-3-4-5-6-7-9-12(2)10-8-11-13/h10-12H,3-9H2,1-2H3. The summed E-state index contributed by atoms with van der Waals surface area (Å²) in [5.41, 5.74) is 0. The minimum absolute atomic E-state index is 0.617. The molecule has 0 aliphatic rings. The predicted octanol–water partition coefficient (Wildman–Crippen LogP) is 3.78. The van der Waals surface area contributed by atoms with E-state index in [2.05, 4.69) is 20.3 Å². The molecule has 0 aliphatic carbocycles. The van der Waals surface area contributed by atoms with E-state index in [-0.39, 0.29) is 0 Å². The maximum atomic E-state index is 10.1. The van der Waals surface area contributed by atoms with Gasteiger partial charge in [-0.2, -0.15) is 0 Å². The van der Waals surface area contributed by atoms with Gasteiger partial charge in [0.25, 0.3) is 0 Å². The topological polar surface area (TPSA) is 17.1 Å². The van der Waals surface area contributed by atoms with Gasteiger partial charge >= 0.3 is 0 Å². The molecule has 0 saturated carbocycles. The summed E-state index contributed by atoms with van der Waals surface area (Å²) in [7, 11) is 0. The van der Waals surface area contributed by atoms with Crippen molar-refractivity contribution in [2.24, 2.45) is 5.92 Å². The summed E-state index contributed by atoms with van der Waals surface area (Å²) in [5.74, 6) is 0.617. The van der Waals surface area contributed by atoms with Crippen LogP contribution in [0.2, 0.25) is 0 Å². The number of aldehydes is 1. The van der Waals surface area contributed by atoms with E-state index in [1.165, 1.54) is 38.5 Å². The monoisotopic (exact) mass is 183 g/mol. The third kappa shape index (κ3) is 9.59. The van der Waals surface area contributed by atoms with E-state index in [9.17, 15) is 4.79 Å². The van der Waals surface area contributed by atoms with Gasteiger partial charge in [0.05, 0.1) is 0 Å². The number of hydrogen-bond acceptors (Lipinski definition) is 1. The zero-order valence-electron chi connectivity index (χ0n) is 9.09. The molecule has 0 aromatic carbocycles. The van der Waals surface area contributed by atoms with Gasteiger partial charge in [0, 0.05) is 6.42 Å². The molecular weight excluding hydrogens is 160 g/mol. The summed E-state index contributed by atoms with van der Waals surface area (Å²) in [6.45, 7) is 4.43. The van der Waals surface area contributed by atoms with Crippen molar-refractivity contribution in [2.45, 2.75) is 58.8 Å². The fourth-order valence-corrected chi connectivity index (χ4v) is 1.48. The zero-order chi connectivity index (χ0) is 9.94. The van der Waals surface area contributed by atoms with Crippen LogP contribution in [0.4, 0.5) is 0 Å². The lowest BCUT2D eigenvalue weighted by atomic mass is 9.98. The van der Waals surface area contributed by atoms with Gasteiger partial charge < -0.3 is 4.79 Å². The first-order chi connectivity index (χ1) is 6.31. The van der Waals surface area contributed by atoms with Gasteiger partial charge in [0.15, 0.2) is 0 Å². The molecule has 0 saturated heterocycles. The van der Waals surface area contributed by atoms with Gasteiger partial charge in [0.2, 0.25) is 0 Å². The Labute approximate surface area is 82.9 Å². The Morgan fingerprint density at radius 2 is 1.85 bits per heavy atom. The van der Waals surface area contributed by atoms with Crippen molar-refractivity contribution in [1.82, 2.24) is 0 Å². The Bertz CT molecular complexity index is 110. The predicted molar refractivity (Wildman–Crippen MR) is 57.5 cm³/mol. The molecule has 0 heterocycles. The molecule has 1 unspecified atom stereocenters. The lowest BCUT2D eigenvalue weighted by molar-refractivity contribution is -0.107. The summed E-state index contributed by atoms with van der Waals surface area (Å²) in [5, 5.41) is 0. The molecule has 0 aromatic rings. The molecule has 77 valence electrons. The first-order valence-electron chi connectivity index (χ1n) is 5.58. The smallest absolute Gasteiger partial charge is 0.120 e. The third-order valence-corrected chi connectivity index (χ3v) is 2.40. The van der Waals surface area contributed by atoms with Crippen LogP contribution in [0.1, 0.15) is 58.8 Å². The molecule has 0 fully saturated rings. The lowest BCUT2D eigenvalue weighted by Crippen LogP contribution is -1.96. The summed E-state index contributed by atoms with van der Waals surface area (Å²) < 4.78 is 0. The van der Waals surface area contributed by atoms with Gasteiger partial charge in [-0.25, -0.2) is 0 Å². The summed E-state index contributed by atoms with van der Waals surface area (Å²) in [6.07, 6.45) is 11.7. The molecule has 1 radical (unpaired) electrons. The van der Waals surface area contributed by atoms with Crippen molar-refractivity contribution >= 4 is 6.29 Å². The van der Waals surface area contributed by atoms with E-state index in [1.807, 2.05) is 0 Å². The van der Waals surface area contributed by atoms with E-state index in [1.54, 1.807) is 0 Å². The first-order valence-corrected chi connectivity index (χ1v) is 5.58. The van der Waals surface area contributed by atoms with E-state index in [4.69, 9.17) is 0 Å². The number of rotatable bonds is 9. The zero-order valence-corrected chi connectivity index (χ0v) is 9.09. The highest BCUT2D eigenvalue weighted by Crippen LogP contribution is 2.14. The largest absolute Gasteiger partial charge is 0.303 e. The first kappa shape index (κ1) is 12.7. The summed E-state index contributed by atoms with van der Waals surface area (Å²) in [4.78, 5) is 10.1. The summed E-state index contributed by atoms with van der Waals surface area (Å²) >= 11 is 0. The van der Waals surface area contributed by atoms with Crippen molar-refractivity contribution in [3.63, 3.8) is 0 Å². The average molecular weight is 183 g/mol. The molecule has 0 spiro atoms. The Morgan fingerprint density at radius 1 is 1.15 bits per heavy atom. The SMILES string of the molecule is CCCCCCCC(C)[CH]CC=O. The van der Waals surface area contributed by atoms with E-state index in [0.29, 0.717) is 12.3 Å². The molecule has 0 aromatic heterocycles. The molecule has 1 nitrogen and oxygen atoms in total. The van der Waals surface area contributed by atoms with Crippen LogP contribution in [-0.2, 0) is 4.79 Å². The number of hydrogen-bond donors (Lipinski definition) is 0. The van der Waals surface area contributed by atoms with Crippen LogP contribution in [-0.4, -0.2) is 6.29 Å². The molecule has 0 amide bonds. The van der Waals surface area contributed by atoms with Crippen LogP contribution in [0.5, 0.6) is 0 Å². The quantitative estimate of drug-likeness (QED) is 0.393. The highest BCUT2D eigenvalue weighted by molar-refractivity contribution is 5.51. The number of unbranched alkanes of at least 4 members (excludes halogenated alkanes) is 4. The van der Waals surface area contributed by atoms with Crippen molar-refractivity contribution in [1.29, 1.82) is 0 Å². The minimum atomic E-state index is 0.617. The van der Waals surface area contributed by atoms with Gasteiger partial charge in [-0.15, -0.1) is 0 Å². The molecule has 0 N–H and O–H groups in total. The van der Waals surface area contributed by atoms with E-state index < -0.39 is 0 Å². The van der Waals surface area contributed by atoms with Gasteiger partial charge in [-0.1, -0.05) is 52.4 Å². The third-order valence-electron chi connectivity index (χ3n) is 2.40. The molecule has 13 heavy (non-hydrogen) atoms. The normalized spacial score (nSPS) is 12.8. The summed E-state index contributed by atoms with van der Waals surface area (Å²) in [6, 6.07) is 0. The van der Waals surface area contributed by atoms with Crippen molar-refractivity contribution in [3.8, 4) is 0 Å². The van der Waals surface area contributed by atoms with Crippen LogP contribution in [0, 0.1) is 12.3 Å². The van der Waals surface area contributed by atoms with Gasteiger partial charge in [-0.05, 0) is 12.3 Å². The second kappa shape index (κ2) is 9.76. The van der Waals surface area contributed by atoms with Crippen LogP contribution in [0.15, 0.2) is 0 Å². The molecule has 0 aliphatic heterocycles. The van der Waals surface area contributed by atoms with Crippen molar-refractivity contribution in [3.05, 3.63) is 6.42 Å². The molecule has 0 rings (SSSR count). The molecule has 1 heteroatoms. The van der Waals surface area contributed by atoms with Crippen molar-refractivity contribution < 1.29 is 4.79 Å². The molecule has 0 bridgehead atoms. The fourth-order valence-electron chi connectivity index (χ4n) is 1.48. The van der Waals surface area contributed by atoms with E-state index in [0.717, 1.165) is 6.29 Å². The minimum Gasteiger partial charge on any atom is -0.303 e. The van der Waals surface area contributed by atoms with Crippen LogP contribution >= 0.6 is 0 Å². The van der Waals surface area contributed by atoms with Gasteiger partial charge in [0.1, 0.15) is 6.29 Å². The maximum Gasteiger partial charge on any atom is 0.120 e. The highest BCUT2D eigenvalue weighted by Gasteiger charge is 2.00. The Morgan fingerprint density at radius 3 is 2.46 bits per heavy atom. The van der Waals surface area contributed by atoms with Gasteiger partial charge in [-0.3, -0.25) is 0 Å². The Hall–Kier alpha value is -0.330.